The zero-order valence-electron chi connectivity index (χ0n) is 20.7. The van der Waals surface area contributed by atoms with Crippen molar-refractivity contribution < 1.29 is 14.2 Å². The lowest BCUT2D eigenvalue weighted by Crippen LogP contribution is -2.41. The first kappa shape index (κ1) is 23.3. The predicted octanol–water partition coefficient (Wildman–Crippen LogP) is 3.06. The molecule has 0 spiro atoms. The number of anilines is 2. The molecule has 1 aliphatic heterocycles. The highest BCUT2D eigenvalue weighted by Crippen LogP contribution is 2.35. The van der Waals surface area contributed by atoms with Crippen LogP contribution in [-0.4, -0.2) is 59.8 Å². The van der Waals surface area contributed by atoms with Crippen molar-refractivity contribution >= 4 is 28.2 Å². The lowest BCUT2D eigenvalue weighted by atomic mass is 9.92. The van der Waals surface area contributed by atoms with Crippen LogP contribution in [0.4, 0.5) is 16.0 Å². The molecule has 0 radical (unpaired) electrons. The molecule has 0 saturated carbocycles. The summed E-state index contributed by atoms with van der Waals surface area (Å²) >= 11 is 0. The Morgan fingerprint density at radius 1 is 1.23 bits per heavy atom. The molecule has 2 atom stereocenters. The molecule has 1 fully saturated rings. The monoisotopic (exact) mass is 482 g/mol. The summed E-state index contributed by atoms with van der Waals surface area (Å²) in [7, 11) is 1.47. The number of rotatable bonds is 5. The lowest BCUT2D eigenvalue weighted by Gasteiger charge is -2.38. The quantitative estimate of drug-likeness (QED) is 0.445. The minimum absolute atomic E-state index is 0.0491. The van der Waals surface area contributed by atoms with Gasteiger partial charge in [0.2, 0.25) is 5.95 Å². The highest BCUT2D eigenvalue weighted by Gasteiger charge is 2.32. The van der Waals surface area contributed by atoms with Gasteiger partial charge in [-0.15, -0.1) is 5.10 Å². The minimum atomic E-state index is -0.856. The lowest BCUT2D eigenvalue weighted by molar-refractivity contribution is 0.0577. The van der Waals surface area contributed by atoms with Gasteiger partial charge in [0, 0.05) is 30.8 Å². The van der Waals surface area contributed by atoms with E-state index in [1.807, 2.05) is 13.1 Å². The Kier molecular flexibility index (Phi) is 5.54. The van der Waals surface area contributed by atoms with Crippen molar-refractivity contribution in [1.82, 2.24) is 29.4 Å². The molecule has 3 aromatic heterocycles. The molecule has 2 unspecified atom stereocenters. The van der Waals surface area contributed by atoms with Crippen LogP contribution in [-0.2, 0) is 6.54 Å². The number of hydrogen-bond acceptors (Lipinski definition) is 8. The van der Waals surface area contributed by atoms with Gasteiger partial charge in [-0.1, -0.05) is 0 Å². The molecule has 4 aromatic rings. The average molecular weight is 483 g/mol. The number of hydrogen-bond donors (Lipinski definition) is 2. The van der Waals surface area contributed by atoms with E-state index in [0.717, 1.165) is 24.2 Å². The zero-order valence-corrected chi connectivity index (χ0v) is 20.7. The Morgan fingerprint density at radius 3 is 2.71 bits per heavy atom. The van der Waals surface area contributed by atoms with Crippen LogP contribution in [0.15, 0.2) is 18.3 Å². The SMILES string of the molecule is COc1cc(F)cc2c1nc(N)n1nc(C3CCC(C)N(c4cn(CC(C)(C)O)nc4C)C3)nc21. The number of methoxy groups -OCH3 is 1. The zero-order chi connectivity index (χ0) is 25.1. The Morgan fingerprint density at radius 2 is 2.00 bits per heavy atom. The Labute approximate surface area is 202 Å². The molecule has 0 amide bonds. The van der Waals surface area contributed by atoms with Crippen molar-refractivity contribution in [1.29, 1.82) is 0 Å². The summed E-state index contributed by atoms with van der Waals surface area (Å²) in [6.07, 6.45) is 3.86. The van der Waals surface area contributed by atoms with Crippen molar-refractivity contribution in [3.63, 3.8) is 0 Å². The second-order valence-electron chi connectivity index (χ2n) is 10.1. The normalized spacial score (nSPS) is 19.1. The molecule has 1 aliphatic rings. The molecule has 1 aromatic carbocycles. The van der Waals surface area contributed by atoms with E-state index in [0.29, 0.717) is 47.3 Å². The van der Waals surface area contributed by atoms with Gasteiger partial charge in [-0.3, -0.25) is 4.68 Å². The van der Waals surface area contributed by atoms with Crippen molar-refractivity contribution in [2.45, 2.75) is 64.6 Å². The molecule has 11 heteroatoms. The van der Waals surface area contributed by atoms with E-state index in [2.05, 4.69) is 27.0 Å². The molecule has 4 heterocycles. The largest absolute Gasteiger partial charge is 0.494 e. The fourth-order valence-electron chi connectivity index (χ4n) is 4.93. The Balaban J connectivity index is 1.51. The topological polar surface area (TPSA) is 120 Å². The highest BCUT2D eigenvalue weighted by molar-refractivity contribution is 5.95. The van der Waals surface area contributed by atoms with Gasteiger partial charge in [0.25, 0.3) is 0 Å². The molecule has 35 heavy (non-hydrogen) atoms. The van der Waals surface area contributed by atoms with Crippen LogP contribution in [0.1, 0.15) is 51.0 Å². The van der Waals surface area contributed by atoms with Gasteiger partial charge in [0.05, 0.1) is 36.0 Å². The molecule has 5 rings (SSSR count). The summed E-state index contributed by atoms with van der Waals surface area (Å²) in [6, 6.07) is 2.98. The maximum absolute atomic E-state index is 14.3. The molecular weight excluding hydrogens is 451 g/mol. The number of nitrogen functional groups attached to an aromatic ring is 1. The standard InChI is InChI=1S/C24H31FN8O2/c1-13-6-7-15(10-32(13)18-11-31(29-14(18)2)12-24(3,4)34)21-28-22-17-8-16(25)9-19(35-5)20(17)27-23(26)33(22)30-21/h8-9,11,13,15,34H,6-7,10,12H2,1-5H3,(H2,26,27). The molecular formula is C24H31FN8O2. The summed E-state index contributed by atoms with van der Waals surface area (Å²) in [5, 5.41) is 20.0. The molecule has 0 aliphatic carbocycles. The van der Waals surface area contributed by atoms with Crippen molar-refractivity contribution in [2.75, 3.05) is 24.3 Å². The van der Waals surface area contributed by atoms with E-state index in [-0.39, 0.29) is 11.9 Å². The second-order valence-corrected chi connectivity index (χ2v) is 10.1. The van der Waals surface area contributed by atoms with Crippen LogP contribution in [0.25, 0.3) is 16.6 Å². The van der Waals surface area contributed by atoms with Gasteiger partial charge < -0.3 is 20.5 Å². The van der Waals surface area contributed by atoms with E-state index in [9.17, 15) is 9.50 Å². The van der Waals surface area contributed by atoms with Crippen LogP contribution >= 0.6 is 0 Å². The maximum atomic E-state index is 14.3. The van der Waals surface area contributed by atoms with E-state index in [1.165, 1.54) is 23.8 Å². The summed E-state index contributed by atoms with van der Waals surface area (Å²) in [5.41, 5.74) is 8.20. The first-order valence-electron chi connectivity index (χ1n) is 11.8. The second kappa shape index (κ2) is 8.33. The Bertz CT molecular complexity index is 1410. The molecule has 0 bridgehead atoms. The predicted molar refractivity (Wildman–Crippen MR) is 131 cm³/mol. The third kappa shape index (κ3) is 4.24. The fraction of sp³-hybridized carbons (Fsp3) is 0.500. The number of fused-ring (bicyclic) bond motifs is 3. The van der Waals surface area contributed by atoms with Crippen molar-refractivity contribution in [3.8, 4) is 5.75 Å². The number of aromatic nitrogens is 6. The number of aliphatic hydroxyl groups is 1. The van der Waals surface area contributed by atoms with Crippen molar-refractivity contribution in [3.05, 3.63) is 35.7 Å². The Hall–Kier alpha value is -3.47. The maximum Gasteiger partial charge on any atom is 0.223 e. The van der Waals surface area contributed by atoms with Crippen LogP contribution in [0, 0.1) is 12.7 Å². The summed E-state index contributed by atoms with van der Waals surface area (Å²) in [5.74, 6) is 0.722. The summed E-state index contributed by atoms with van der Waals surface area (Å²) < 4.78 is 22.9. The van der Waals surface area contributed by atoms with Gasteiger partial charge >= 0.3 is 0 Å². The van der Waals surface area contributed by atoms with E-state index < -0.39 is 11.4 Å². The van der Waals surface area contributed by atoms with Crippen LogP contribution < -0.4 is 15.4 Å². The molecule has 10 nitrogen and oxygen atoms in total. The third-order valence-electron chi connectivity index (χ3n) is 6.59. The third-order valence-corrected chi connectivity index (χ3v) is 6.59. The van der Waals surface area contributed by atoms with Gasteiger partial charge in [0.15, 0.2) is 11.5 Å². The highest BCUT2D eigenvalue weighted by atomic mass is 19.1. The van der Waals surface area contributed by atoms with Gasteiger partial charge in [0.1, 0.15) is 17.1 Å². The van der Waals surface area contributed by atoms with E-state index in [4.69, 9.17) is 15.5 Å². The first-order valence-corrected chi connectivity index (χ1v) is 11.8. The van der Waals surface area contributed by atoms with Crippen LogP contribution in [0.5, 0.6) is 5.75 Å². The number of ether oxygens (including phenoxy) is 1. The van der Waals surface area contributed by atoms with Crippen LogP contribution in [0.2, 0.25) is 0 Å². The fourth-order valence-corrected chi connectivity index (χ4v) is 4.93. The summed E-state index contributed by atoms with van der Waals surface area (Å²) in [6.45, 7) is 8.83. The van der Waals surface area contributed by atoms with Crippen LogP contribution in [0.3, 0.4) is 0 Å². The van der Waals surface area contributed by atoms with Gasteiger partial charge in [-0.25, -0.2) is 14.4 Å². The molecule has 1 saturated heterocycles. The number of nitrogens with zero attached hydrogens (tertiary/aromatic N) is 7. The number of benzene rings is 1. The van der Waals surface area contributed by atoms with Gasteiger partial charge in [-0.2, -0.15) is 9.61 Å². The first-order chi connectivity index (χ1) is 16.5. The number of nitrogens with two attached hydrogens (primary N) is 1. The molecule has 3 N–H and O–H groups in total. The van der Waals surface area contributed by atoms with E-state index in [1.54, 1.807) is 18.5 Å². The summed E-state index contributed by atoms with van der Waals surface area (Å²) in [4.78, 5) is 11.5. The van der Waals surface area contributed by atoms with Gasteiger partial charge in [-0.05, 0) is 46.6 Å². The number of piperidine rings is 1. The minimum Gasteiger partial charge on any atom is -0.494 e. The molecule has 186 valence electrons. The smallest absolute Gasteiger partial charge is 0.223 e. The number of halogens is 1. The van der Waals surface area contributed by atoms with Crippen molar-refractivity contribution in [2.24, 2.45) is 0 Å². The average Bonchev–Trinajstić information content (AvgIpc) is 3.37. The van der Waals surface area contributed by atoms with E-state index >= 15 is 0 Å². The number of aryl methyl sites for hydroxylation is 1.